The van der Waals surface area contributed by atoms with Crippen LogP contribution in [-0.2, 0) is 23.8 Å². The molecule has 24 heavy (non-hydrogen) atoms. The number of nitrogens with one attached hydrogen (secondary N) is 2. The van der Waals surface area contributed by atoms with Crippen LogP contribution in [0.4, 0.5) is 0 Å². The van der Waals surface area contributed by atoms with Gasteiger partial charge in [0.1, 0.15) is 6.04 Å². The molecule has 0 aromatic rings. The summed E-state index contributed by atoms with van der Waals surface area (Å²) >= 11 is 1.77. The summed E-state index contributed by atoms with van der Waals surface area (Å²) in [4.78, 5) is 24.3. The monoisotopic (exact) mass is 400 g/mol. The quantitative estimate of drug-likeness (QED) is 0.198. The van der Waals surface area contributed by atoms with Crippen molar-refractivity contribution in [2.24, 2.45) is 0 Å². The fourth-order valence-corrected chi connectivity index (χ4v) is 4.37. The van der Waals surface area contributed by atoms with Gasteiger partial charge in [0.25, 0.3) is 0 Å². The Morgan fingerprint density at radius 1 is 1.12 bits per heavy atom. The Morgan fingerprint density at radius 3 is 2.29 bits per heavy atom. The highest BCUT2D eigenvalue weighted by atomic mass is 32.9. The lowest BCUT2D eigenvalue weighted by Crippen LogP contribution is -2.49. The molecule has 0 aromatic carbocycles. The van der Waals surface area contributed by atoms with Crippen LogP contribution >= 0.6 is 27.8 Å². The van der Waals surface area contributed by atoms with E-state index in [0.717, 1.165) is 13.2 Å². The third kappa shape index (κ3) is 10.1. The van der Waals surface area contributed by atoms with E-state index in [9.17, 15) is 9.59 Å². The highest BCUT2D eigenvalue weighted by Gasteiger charge is 2.25. The van der Waals surface area contributed by atoms with E-state index in [1.807, 2.05) is 0 Å². The number of hydrogen-bond acceptors (Lipinski definition) is 7. The van der Waals surface area contributed by atoms with E-state index in [-0.39, 0.29) is 18.2 Å². The van der Waals surface area contributed by atoms with Gasteiger partial charge in [0.15, 0.2) is 6.29 Å². The van der Waals surface area contributed by atoms with Gasteiger partial charge in [-0.3, -0.25) is 4.79 Å². The molecule has 0 saturated heterocycles. The molecule has 0 rings (SSSR count). The lowest BCUT2D eigenvalue weighted by atomic mass is 10.1. The molecule has 142 valence electrons. The van der Waals surface area contributed by atoms with Crippen LogP contribution in [0.25, 0.3) is 0 Å². The number of amides is 1. The minimum Gasteiger partial charge on any atom is -0.467 e. The second-order valence-corrected chi connectivity index (χ2v) is 9.64. The summed E-state index contributed by atoms with van der Waals surface area (Å²) in [5, 5.41) is 5.78. The summed E-state index contributed by atoms with van der Waals surface area (Å²) < 4.78 is 15.0. The maximum Gasteiger partial charge on any atom is 0.328 e. The van der Waals surface area contributed by atoms with Gasteiger partial charge in [0, 0.05) is 14.2 Å². The molecule has 1 amide bonds. The lowest BCUT2D eigenvalue weighted by molar-refractivity contribution is -0.146. The van der Waals surface area contributed by atoms with Crippen LogP contribution in [0.3, 0.4) is 0 Å². The number of ether oxygens (including phenoxy) is 3. The molecule has 0 heterocycles. The SMILES string of the molecule is CN[C@H](CCSPP)C(=O)N[C@@H](CCCC(OC)OC)C(=O)OC. The standard InChI is InChI=1S/C14H30N2O5P2S/c1-15-10(8-9-24-23-22)13(17)16-11(14(18)21-4)6-5-7-12(19-2)20-3/h10-12,15,23H,5-9,22H2,1-4H3,(H,16,17)/t10-,11+/m1/s1. The summed E-state index contributed by atoms with van der Waals surface area (Å²) in [6, 6.07) is -0.985. The van der Waals surface area contributed by atoms with Crippen LogP contribution in [0.5, 0.6) is 0 Å². The molecule has 0 aliphatic rings. The molecule has 0 aromatic heterocycles. The molecule has 0 radical (unpaired) electrons. The molecule has 4 atom stereocenters. The van der Waals surface area contributed by atoms with Gasteiger partial charge in [-0.15, -0.1) is 20.3 Å². The van der Waals surface area contributed by atoms with Gasteiger partial charge in [-0.1, -0.05) is 0 Å². The van der Waals surface area contributed by atoms with E-state index in [1.54, 1.807) is 32.6 Å². The second-order valence-electron chi connectivity index (χ2n) is 5.01. The minimum atomic E-state index is -0.663. The van der Waals surface area contributed by atoms with Gasteiger partial charge in [-0.25, -0.2) is 4.79 Å². The molecule has 0 aliphatic carbocycles. The van der Waals surface area contributed by atoms with Crippen molar-refractivity contribution in [3.8, 4) is 0 Å². The summed E-state index contributed by atoms with van der Waals surface area (Å²) in [6.07, 6.45) is 2.17. The van der Waals surface area contributed by atoms with Crippen molar-refractivity contribution in [1.82, 2.24) is 10.6 Å². The number of likely N-dealkylation sites (N-methyl/N-ethyl adjacent to an activating group) is 1. The number of rotatable bonds is 14. The maximum absolute atomic E-state index is 12.4. The van der Waals surface area contributed by atoms with Gasteiger partial charge in [0.05, 0.1) is 13.2 Å². The largest absolute Gasteiger partial charge is 0.467 e. The van der Waals surface area contributed by atoms with E-state index >= 15 is 0 Å². The van der Waals surface area contributed by atoms with Crippen LogP contribution in [0.2, 0.25) is 0 Å². The third-order valence-electron chi connectivity index (χ3n) is 3.52. The first kappa shape index (κ1) is 24.0. The first-order valence-corrected chi connectivity index (χ1v) is 12.2. The number of methoxy groups -OCH3 is 3. The van der Waals surface area contributed by atoms with E-state index in [0.29, 0.717) is 25.7 Å². The zero-order valence-corrected chi connectivity index (χ0v) is 17.8. The Labute approximate surface area is 152 Å². The Morgan fingerprint density at radius 2 is 1.79 bits per heavy atom. The van der Waals surface area contributed by atoms with Gasteiger partial charge >= 0.3 is 5.97 Å². The first-order valence-electron chi connectivity index (χ1n) is 7.72. The Hall–Kier alpha value is 0.0300. The fraction of sp³-hybridized carbons (Fsp3) is 0.857. The lowest BCUT2D eigenvalue weighted by Gasteiger charge is -2.21. The Bertz CT molecular complexity index is 362. The highest BCUT2D eigenvalue weighted by molar-refractivity contribution is 8.64. The predicted molar refractivity (Wildman–Crippen MR) is 104 cm³/mol. The molecule has 0 bridgehead atoms. The van der Waals surface area contributed by atoms with Crippen molar-refractivity contribution >= 4 is 39.7 Å². The van der Waals surface area contributed by atoms with E-state index in [2.05, 4.69) is 19.6 Å². The molecule has 0 aliphatic heterocycles. The third-order valence-corrected chi connectivity index (χ3v) is 6.74. The molecule has 0 fully saturated rings. The minimum absolute atomic E-state index is 0.185. The summed E-state index contributed by atoms with van der Waals surface area (Å²) in [5.74, 6) is 0.258. The van der Waals surface area contributed by atoms with E-state index < -0.39 is 12.0 Å². The molecule has 0 saturated carbocycles. The Balaban J connectivity index is 4.53. The number of esters is 1. The normalized spacial score (nSPS) is 14.1. The first-order chi connectivity index (χ1) is 11.5. The van der Waals surface area contributed by atoms with Crippen LogP contribution in [0.1, 0.15) is 25.7 Å². The number of hydrogen-bond donors (Lipinski definition) is 2. The van der Waals surface area contributed by atoms with Gasteiger partial charge < -0.3 is 24.8 Å². The fourth-order valence-electron chi connectivity index (χ4n) is 2.13. The van der Waals surface area contributed by atoms with Crippen molar-refractivity contribution in [3.05, 3.63) is 0 Å². The summed E-state index contributed by atoms with van der Waals surface area (Å²) in [7, 11) is 9.59. The maximum atomic E-state index is 12.4. The highest BCUT2D eigenvalue weighted by Crippen LogP contribution is 2.36. The van der Waals surface area contributed by atoms with Gasteiger partial charge in [0.2, 0.25) is 5.91 Å². The van der Waals surface area contributed by atoms with Crippen LogP contribution < -0.4 is 10.6 Å². The smallest absolute Gasteiger partial charge is 0.328 e. The molecule has 0 spiro atoms. The molecule has 2 N–H and O–H groups in total. The van der Waals surface area contributed by atoms with Crippen molar-refractivity contribution < 1.29 is 23.8 Å². The summed E-state index contributed by atoms with van der Waals surface area (Å²) in [5.41, 5.74) is 0. The van der Waals surface area contributed by atoms with Crippen LogP contribution in [0.15, 0.2) is 0 Å². The van der Waals surface area contributed by atoms with Crippen molar-refractivity contribution in [1.29, 1.82) is 0 Å². The Kier molecular flexibility index (Phi) is 15.3. The number of carbonyl (C=O) groups is 2. The molecular weight excluding hydrogens is 370 g/mol. The topological polar surface area (TPSA) is 85.9 Å². The number of carbonyl (C=O) groups excluding carboxylic acids is 2. The summed E-state index contributed by atoms with van der Waals surface area (Å²) in [6.45, 7) is 0. The predicted octanol–water partition coefficient (Wildman–Crippen LogP) is 1.53. The zero-order chi connectivity index (χ0) is 18.4. The van der Waals surface area contributed by atoms with E-state index in [4.69, 9.17) is 14.2 Å². The van der Waals surface area contributed by atoms with Gasteiger partial charge in [-0.05, 0) is 46.0 Å². The molecular formula is C14H30N2O5P2S. The van der Waals surface area contributed by atoms with E-state index in [1.165, 1.54) is 7.11 Å². The van der Waals surface area contributed by atoms with Gasteiger partial charge in [-0.2, -0.15) is 0 Å². The molecule has 10 heteroatoms. The van der Waals surface area contributed by atoms with Crippen molar-refractivity contribution in [3.63, 3.8) is 0 Å². The second kappa shape index (κ2) is 15.3. The average Bonchev–Trinajstić information content (AvgIpc) is 2.60. The van der Waals surface area contributed by atoms with Crippen molar-refractivity contribution in [2.45, 2.75) is 44.1 Å². The van der Waals surface area contributed by atoms with Crippen molar-refractivity contribution in [2.75, 3.05) is 34.1 Å². The molecule has 7 nitrogen and oxygen atoms in total. The van der Waals surface area contributed by atoms with Crippen LogP contribution in [-0.4, -0.2) is 64.4 Å². The molecule has 2 unspecified atom stereocenters. The van der Waals surface area contributed by atoms with Crippen LogP contribution in [0, 0.1) is 0 Å². The zero-order valence-electron chi connectivity index (χ0n) is 14.8. The average molecular weight is 400 g/mol.